The maximum absolute atomic E-state index is 12.3. The van der Waals surface area contributed by atoms with Gasteiger partial charge in [-0.05, 0) is 62.0 Å². The Morgan fingerprint density at radius 3 is 2.17 bits per heavy atom. The Morgan fingerprint density at radius 2 is 1.55 bits per heavy atom. The first kappa shape index (κ1) is 22.0. The Kier molecular flexibility index (Phi) is 8.29. The minimum absolute atomic E-state index is 0.00241. The summed E-state index contributed by atoms with van der Waals surface area (Å²) in [6.45, 7) is 3.86. The second-order valence-corrected chi connectivity index (χ2v) is 6.56. The molecule has 3 N–H and O–H groups in total. The Hall–Kier alpha value is -3.26. The third kappa shape index (κ3) is 7.34. The summed E-state index contributed by atoms with van der Waals surface area (Å²) < 4.78 is 4.77. The number of esters is 1. The van der Waals surface area contributed by atoms with Crippen LogP contribution in [0.2, 0.25) is 0 Å². The molecule has 7 nitrogen and oxygen atoms in total. The topological polar surface area (TPSA) is 96.5 Å². The van der Waals surface area contributed by atoms with Gasteiger partial charge < -0.3 is 20.7 Å². The van der Waals surface area contributed by atoms with Crippen LogP contribution in [0, 0.1) is 6.92 Å². The lowest BCUT2D eigenvalue weighted by molar-refractivity contribution is -0.144. The van der Waals surface area contributed by atoms with Gasteiger partial charge in [0, 0.05) is 23.4 Å². The van der Waals surface area contributed by atoms with E-state index in [-0.39, 0.29) is 36.4 Å². The van der Waals surface area contributed by atoms with Gasteiger partial charge in [0.15, 0.2) is 5.11 Å². The molecule has 0 bridgehead atoms. The van der Waals surface area contributed by atoms with E-state index in [1.54, 1.807) is 37.3 Å². The molecule has 0 aromatic heterocycles. The van der Waals surface area contributed by atoms with Crippen molar-refractivity contribution in [1.82, 2.24) is 5.32 Å². The summed E-state index contributed by atoms with van der Waals surface area (Å²) in [5.41, 5.74) is 2.79. The maximum atomic E-state index is 12.3. The van der Waals surface area contributed by atoms with E-state index in [2.05, 4.69) is 16.0 Å². The molecule has 29 heavy (non-hydrogen) atoms. The molecule has 152 valence electrons. The number of anilines is 2. The van der Waals surface area contributed by atoms with Crippen LogP contribution in [0.15, 0.2) is 48.5 Å². The van der Waals surface area contributed by atoms with Crippen LogP contribution >= 0.6 is 12.2 Å². The van der Waals surface area contributed by atoms with Crippen molar-refractivity contribution in [1.29, 1.82) is 0 Å². The van der Waals surface area contributed by atoms with Gasteiger partial charge in [0.05, 0.1) is 13.0 Å². The third-order valence-electron chi connectivity index (χ3n) is 3.90. The minimum atomic E-state index is -0.426. The average Bonchev–Trinajstić information content (AvgIpc) is 2.68. The molecule has 0 fully saturated rings. The summed E-state index contributed by atoms with van der Waals surface area (Å²) in [6, 6.07) is 14.2. The monoisotopic (exact) mass is 413 g/mol. The first-order valence-electron chi connectivity index (χ1n) is 9.12. The summed E-state index contributed by atoms with van der Waals surface area (Å²) in [5, 5.41) is 8.34. The van der Waals surface area contributed by atoms with Crippen molar-refractivity contribution in [3.63, 3.8) is 0 Å². The van der Waals surface area contributed by atoms with Crippen LogP contribution in [-0.4, -0.2) is 29.5 Å². The largest absolute Gasteiger partial charge is 0.466 e. The summed E-state index contributed by atoms with van der Waals surface area (Å²) in [4.78, 5) is 35.4. The molecular formula is C21H23N3O4S. The molecule has 0 heterocycles. The second kappa shape index (κ2) is 10.9. The van der Waals surface area contributed by atoms with Crippen molar-refractivity contribution in [3.05, 3.63) is 59.7 Å². The minimum Gasteiger partial charge on any atom is -0.466 e. The van der Waals surface area contributed by atoms with Crippen molar-refractivity contribution in [2.75, 3.05) is 17.2 Å². The molecule has 2 amide bonds. The molecule has 2 aromatic carbocycles. The van der Waals surface area contributed by atoms with Gasteiger partial charge in [0.25, 0.3) is 5.91 Å². The lowest BCUT2D eigenvalue weighted by atomic mass is 10.1. The van der Waals surface area contributed by atoms with Crippen molar-refractivity contribution in [2.45, 2.75) is 26.7 Å². The van der Waals surface area contributed by atoms with Gasteiger partial charge in [-0.25, -0.2) is 0 Å². The Balaban J connectivity index is 1.83. The average molecular weight is 413 g/mol. The molecule has 0 atom stereocenters. The van der Waals surface area contributed by atoms with Crippen LogP contribution in [0.5, 0.6) is 0 Å². The van der Waals surface area contributed by atoms with Gasteiger partial charge in [-0.1, -0.05) is 18.2 Å². The molecule has 0 saturated heterocycles. The fourth-order valence-electron chi connectivity index (χ4n) is 2.46. The molecular weight excluding hydrogens is 390 g/mol. The van der Waals surface area contributed by atoms with Crippen LogP contribution in [0.25, 0.3) is 0 Å². The summed E-state index contributed by atoms with van der Waals surface area (Å²) in [6.07, 6.45) is -0.0118. The van der Waals surface area contributed by atoms with E-state index in [1.165, 1.54) is 0 Å². The quantitative estimate of drug-likeness (QED) is 0.476. The molecule has 0 spiro atoms. The smallest absolute Gasteiger partial charge is 0.306 e. The fourth-order valence-corrected chi connectivity index (χ4v) is 2.69. The van der Waals surface area contributed by atoms with E-state index < -0.39 is 5.97 Å². The highest BCUT2D eigenvalue weighted by molar-refractivity contribution is 7.80. The number of rotatable bonds is 7. The number of ether oxygens (including phenoxy) is 1. The standard InChI is InChI=1S/C21H23N3O4S/c1-3-28-19(26)13-12-18(25)24-21(29)23-16-10-8-15(9-11-16)22-20(27)17-7-5-4-6-14(17)2/h4-11H,3,12-13H2,1-2H3,(H,22,27)(H2,23,24,25,29). The lowest BCUT2D eigenvalue weighted by Gasteiger charge is -2.11. The molecule has 0 radical (unpaired) electrons. The molecule has 0 aliphatic rings. The fraction of sp³-hybridized carbons (Fsp3) is 0.238. The third-order valence-corrected chi connectivity index (χ3v) is 4.11. The van der Waals surface area contributed by atoms with Crippen molar-refractivity contribution in [3.8, 4) is 0 Å². The molecule has 0 aliphatic carbocycles. The molecule has 0 unspecified atom stereocenters. The highest BCUT2D eigenvalue weighted by Crippen LogP contribution is 2.16. The highest BCUT2D eigenvalue weighted by atomic mass is 32.1. The predicted molar refractivity (Wildman–Crippen MR) is 116 cm³/mol. The number of carbonyl (C=O) groups excluding carboxylic acids is 3. The zero-order valence-corrected chi connectivity index (χ0v) is 17.1. The molecule has 2 aromatic rings. The summed E-state index contributed by atoms with van der Waals surface area (Å²) in [5.74, 6) is -0.990. The first-order chi connectivity index (χ1) is 13.9. The van der Waals surface area contributed by atoms with Gasteiger partial charge in [0.1, 0.15) is 0 Å². The Labute approximate surface area is 174 Å². The number of amides is 2. The van der Waals surface area contributed by atoms with Crippen LogP contribution in [-0.2, 0) is 14.3 Å². The number of benzene rings is 2. The van der Waals surface area contributed by atoms with E-state index in [0.717, 1.165) is 5.56 Å². The zero-order chi connectivity index (χ0) is 21.2. The molecule has 0 saturated carbocycles. The highest BCUT2D eigenvalue weighted by Gasteiger charge is 2.10. The van der Waals surface area contributed by atoms with E-state index in [4.69, 9.17) is 17.0 Å². The zero-order valence-electron chi connectivity index (χ0n) is 16.3. The molecule has 8 heteroatoms. The molecule has 0 aliphatic heterocycles. The van der Waals surface area contributed by atoms with Crippen molar-refractivity contribution < 1.29 is 19.1 Å². The van der Waals surface area contributed by atoms with Gasteiger partial charge in [-0.3, -0.25) is 14.4 Å². The predicted octanol–water partition coefficient (Wildman–Crippen LogP) is 3.40. The summed E-state index contributed by atoms with van der Waals surface area (Å²) >= 11 is 5.10. The van der Waals surface area contributed by atoms with E-state index in [9.17, 15) is 14.4 Å². The number of carbonyl (C=O) groups is 3. The second-order valence-electron chi connectivity index (χ2n) is 6.15. The normalized spacial score (nSPS) is 10.0. The van der Waals surface area contributed by atoms with Crippen LogP contribution in [0.1, 0.15) is 35.7 Å². The van der Waals surface area contributed by atoms with Crippen LogP contribution < -0.4 is 16.0 Å². The number of hydrogen-bond acceptors (Lipinski definition) is 5. The van der Waals surface area contributed by atoms with E-state index >= 15 is 0 Å². The van der Waals surface area contributed by atoms with Crippen molar-refractivity contribution >= 4 is 46.5 Å². The maximum Gasteiger partial charge on any atom is 0.306 e. The number of aryl methyl sites for hydroxylation is 1. The number of nitrogens with one attached hydrogen (secondary N) is 3. The van der Waals surface area contributed by atoms with Crippen molar-refractivity contribution in [2.24, 2.45) is 0 Å². The number of hydrogen-bond donors (Lipinski definition) is 3. The van der Waals surface area contributed by atoms with Crippen LogP contribution in [0.4, 0.5) is 11.4 Å². The van der Waals surface area contributed by atoms with Crippen LogP contribution in [0.3, 0.4) is 0 Å². The van der Waals surface area contributed by atoms with Gasteiger partial charge in [-0.15, -0.1) is 0 Å². The molecule has 2 rings (SSSR count). The van der Waals surface area contributed by atoms with Gasteiger partial charge in [-0.2, -0.15) is 0 Å². The number of thiocarbonyl (C=S) groups is 1. The van der Waals surface area contributed by atoms with Gasteiger partial charge in [0.2, 0.25) is 5.91 Å². The Morgan fingerprint density at radius 1 is 0.931 bits per heavy atom. The Bertz CT molecular complexity index is 897. The SMILES string of the molecule is CCOC(=O)CCC(=O)NC(=S)Nc1ccc(NC(=O)c2ccccc2C)cc1. The first-order valence-corrected chi connectivity index (χ1v) is 9.53. The van der Waals surface area contributed by atoms with Gasteiger partial charge >= 0.3 is 5.97 Å². The summed E-state index contributed by atoms with van der Waals surface area (Å²) in [7, 11) is 0. The van der Waals surface area contributed by atoms with E-state index in [1.807, 2.05) is 25.1 Å². The van der Waals surface area contributed by atoms with E-state index in [0.29, 0.717) is 16.9 Å². The lowest BCUT2D eigenvalue weighted by Crippen LogP contribution is -2.34.